The molecule has 0 saturated heterocycles. The van der Waals surface area contributed by atoms with Crippen molar-refractivity contribution in [3.63, 3.8) is 0 Å². The van der Waals surface area contributed by atoms with Crippen LogP contribution in [-0.4, -0.2) is 43.7 Å². The molecule has 1 amide bonds. The molecule has 0 aliphatic carbocycles. The predicted molar refractivity (Wildman–Crippen MR) is 99.9 cm³/mol. The Labute approximate surface area is 161 Å². The summed E-state index contributed by atoms with van der Waals surface area (Å²) < 4.78 is 15.4. The molecule has 0 aliphatic rings. The van der Waals surface area contributed by atoms with E-state index >= 15 is 0 Å². The first-order valence-corrected chi connectivity index (χ1v) is 8.46. The van der Waals surface area contributed by atoms with Crippen molar-refractivity contribution in [3.8, 4) is 11.5 Å². The maximum Gasteiger partial charge on any atom is 0.338 e. The van der Waals surface area contributed by atoms with Gasteiger partial charge in [0.15, 0.2) is 0 Å². The number of rotatable bonds is 9. The van der Waals surface area contributed by atoms with Crippen LogP contribution in [-0.2, 0) is 4.74 Å². The van der Waals surface area contributed by atoms with Crippen molar-refractivity contribution in [3.05, 3.63) is 63.7 Å². The zero-order valence-electron chi connectivity index (χ0n) is 15.5. The van der Waals surface area contributed by atoms with Crippen molar-refractivity contribution in [1.29, 1.82) is 0 Å². The van der Waals surface area contributed by atoms with Gasteiger partial charge < -0.3 is 19.5 Å². The molecule has 0 heterocycles. The van der Waals surface area contributed by atoms with E-state index in [2.05, 4.69) is 10.1 Å². The van der Waals surface area contributed by atoms with Crippen LogP contribution >= 0.6 is 0 Å². The summed E-state index contributed by atoms with van der Waals surface area (Å²) in [6.07, 6.45) is 0. The third kappa shape index (κ3) is 5.70. The van der Waals surface area contributed by atoms with E-state index in [1.807, 2.05) is 6.92 Å². The Hall–Kier alpha value is -3.62. The Morgan fingerprint density at radius 3 is 2.21 bits per heavy atom. The monoisotopic (exact) mass is 388 g/mol. The van der Waals surface area contributed by atoms with Crippen LogP contribution in [0.15, 0.2) is 42.5 Å². The summed E-state index contributed by atoms with van der Waals surface area (Å²) in [7, 11) is 1.15. The number of nitrogens with one attached hydrogen (secondary N) is 1. The molecule has 9 heteroatoms. The lowest BCUT2D eigenvalue weighted by atomic mass is 10.1. The molecule has 0 unspecified atom stereocenters. The Bertz CT molecular complexity index is 850. The summed E-state index contributed by atoms with van der Waals surface area (Å²) in [6, 6.07) is 10.4. The summed E-state index contributed by atoms with van der Waals surface area (Å²) in [4.78, 5) is 34.2. The highest BCUT2D eigenvalue weighted by molar-refractivity contribution is 5.98. The number of nitrogens with zero attached hydrogens (tertiary/aromatic N) is 1. The van der Waals surface area contributed by atoms with Crippen LogP contribution in [0.1, 0.15) is 27.6 Å². The molecule has 0 aromatic heterocycles. The van der Waals surface area contributed by atoms with Crippen molar-refractivity contribution in [2.75, 3.05) is 26.9 Å². The summed E-state index contributed by atoms with van der Waals surface area (Å²) in [5.74, 6) is 0.0111. The molecule has 0 fully saturated rings. The second-order valence-corrected chi connectivity index (χ2v) is 5.53. The smallest absolute Gasteiger partial charge is 0.338 e. The van der Waals surface area contributed by atoms with E-state index in [-0.39, 0.29) is 30.0 Å². The van der Waals surface area contributed by atoms with Crippen LogP contribution in [0.25, 0.3) is 0 Å². The highest BCUT2D eigenvalue weighted by Crippen LogP contribution is 2.19. The molecular formula is C19H20N2O7. The van der Waals surface area contributed by atoms with E-state index in [1.54, 1.807) is 24.3 Å². The lowest BCUT2D eigenvalue weighted by Crippen LogP contribution is -2.28. The molecule has 0 bridgehead atoms. The Kier molecular flexibility index (Phi) is 7.32. The number of nitro benzene ring substituents is 1. The van der Waals surface area contributed by atoms with Crippen LogP contribution in [0.3, 0.4) is 0 Å². The third-order valence-electron chi connectivity index (χ3n) is 3.60. The second kappa shape index (κ2) is 9.91. The molecule has 2 aromatic carbocycles. The quantitative estimate of drug-likeness (QED) is 0.304. The van der Waals surface area contributed by atoms with Gasteiger partial charge in [-0.05, 0) is 37.3 Å². The molecule has 2 rings (SSSR count). The van der Waals surface area contributed by atoms with Gasteiger partial charge in [-0.25, -0.2) is 4.79 Å². The molecule has 1 N–H and O–H groups in total. The van der Waals surface area contributed by atoms with E-state index < -0.39 is 16.8 Å². The maximum atomic E-state index is 12.3. The second-order valence-electron chi connectivity index (χ2n) is 5.53. The minimum atomic E-state index is -0.767. The highest BCUT2D eigenvalue weighted by Gasteiger charge is 2.18. The van der Waals surface area contributed by atoms with Crippen molar-refractivity contribution in [1.82, 2.24) is 5.32 Å². The first-order valence-electron chi connectivity index (χ1n) is 8.46. The Balaban J connectivity index is 1.94. The van der Waals surface area contributed by atoms with Gasteiger partial charge in [0, 0.05) is 17.7 Å². The fourth-order valence-electron chi connectivity index (χ4n) is 2.32. The first-order chi connectivity index (χ1) is 13.4. The third-order valence-corrected chi connectivity index (χ3v) is 3.60. The van der Waals surface area contributed by atoms with E-state index in [1.165, 1.54) is 6.07 Å². The number of hydrogen-bond donors (Lipinski definition) is 1. The van der Waals surface area contributed by atoms with Crippen molar-refractivity contribution in [2.45, 2.75) is 6.92 Å². The average Bonchev–Trinajstić information content (AvgIpc) is 2.71. The maximum absolute atomic E-state index is 12.3. The van der Waals surface area contributed by atoms with E-state index in [4.69, 9.17) is 9.47 Å². The van der Waals surface area contributed by atoms with Gasteiger partial charge in [0.2, 0.25) is 0 Å². The molecule has 0 spiro atoms. The average molecular weight is 388 g/mol. The number of carbonyl (C=O) groups excluding carboxylic acids is 2. The molecular weight excluding hydrogens is 368 g/mol. The summed E-state index contributed by atoms with van der Waals surface area (Å²) in [5, 5.41) is 13.6. The number of amides is 1. The topological polar surface area (TPSA) is 117 Å². The normalized spacial score (nSPS) is 10.1. The standard InChI is InChI=1S/C19H20N2O7/c1-3-27-16-4-6-17(7-5-16)28-9-8-20-18(22)13-10-14(19(23)26-2)12-15(11-13)21(24)25/h4-7,10-12H,3,8-9H2,1-2H3,(H,20,22). The van der Waals surface area contributed by atoms with Gasteiger partial charge >= 0.3 is 5.97 Å². The van der Waals surface area contributed by atoms with Crippen LogP contribution in [0, 0.1) is 10.1 Å². The number of ether oxygens (including phenoxy) is 3. The van der Waals surface area contributed by atoms with Crippen LogP contribution in [0.4, 0.5) is 5.69 Å². The predicted octanol–water partition coefficient (Wildman–Crippen LogP) is 2.59. The van der Waals surface area contributed by atoms with Gasteiger partial charge in [-0.3, -0.25) is 14.9 Å². The lowest BCUT2D eigenvalue weighted by molar-refractivity contribution is -0.384. The number of nitro groups is 1. The summed E-state index contributed by atoms with van der Waals surface area (Å²) >= 11 is 0. The molecule has 2 aromatic rings. The van der Waals surface area contributed by atoms with E-state index in [9.17, 15) is 19.7 Å². The zero-order valence-corrected chi connectivity index (χ0v) is 15.5. The van der Waals surface area contributed by atoms with Gasteiger partial charge in [0.1, 0.15) is 18.1 Å². The van der Waals surface area contributed by atoms with Crippen molar-refractivity contribution < 1.29 is 28.7 Å². The zero-order chi connectivity index (χ0) is 20.5. The molecule has 0 radical (unpaired) electrons. The number of hydrogen-bond acceptors (Lipinski definition) is 7. The first kappa shape index (κ1) is 20.7. The van der Waals surface area contributed by atoms with Gasteiger partial charge in [-0.15, -0.1) is 0 Å². The molecule has 9 nitrogen and oxygen atoms in total. The van der Waals surface area contributed by atoms with Crippen LogP contribution in [0.5, 0.6) is 11.5 Å². The summed E-state index contributed by atoms with van der Waals surface area (Å²) in [5.41, 5.74) is -0.471. The molecule has 0 atom stereocenters. The van der Waals surface area contributed by atoms with Gasteiger partial charge in [0.05, 0.1) is 30.7 Å². The number of esters is 1. The fourth-order valence-corrected chi connectivity index (χ4v) is 2.32. The minimum absolute atomic E-state index is 0.0179. The molecule has 28 heavy (non-hydrogen) atoms. The molecule has 148 valence electrons. The largest absolute Gasteiger partial charge is 0.494 e. The van der Waals surface area contributed by atoms with Gasteiger partial charge in [-0.1, -0.05) is 0 Å². The van der Waals surface area contributed by atoms with Crippen molar-refractivity contribution in [2.24, 2.45) is 0 Å². The van der Waals surface area contributed by atoms with Crippen LogP contribution in [0.2, 0.25) is 0 Å². The summed E-state index contributed by atoms with van der Waals surface area (Å²) in [6.45, 7) is 2.82. The minimum Gasteiger partial charge on any atom is -0.494 e. The Morgan fingerprint density at radius 1 is 1.04 bits per heavy atom. The molecule has 0 aliphatic heterocycles. The number of benzene rings is 2. The number of carbonyl (C=O) groups is 2. The molecule has 0 saturated carbocycles. The van der Waals surface area contributed by atoms with Crippen molar-refractivity contribution >= 4 is 17.6 Å². The SMILES string of the molecule is CCOc1ccc(OCCNC(=O)c2cc(C(=O)OC)cc([N+](=O)[O-])c2)cc1. The van der Waals surface area contributed by atoms with Gasteiger partial charge in [0.25, 0.3) is 11.6 Å². The number of non-ortho nitro benzene ring substituents is 1. The highest BCUT2D eigenvalue weighted by atomic mass is 16.6. The van der Waals surface area contributed by atoms with E-state index in [0.717, 1.165) is 25.0 Å². The lowest BCUT2D eigenvalue weighted by Gasteiger charge is -2.09. The Morgan fingerprint density at radius 2 is 1.64 bits per heavy atom. The number of methoxy groups -OCH3 is 1. The fraction of sp³-hybridized carbons (Fsp3) is 0.263. The van der Waals surface area contributed by atoms with Crippen LogP contribution < -0.4 is 14.8 Å². The van der Waals surface area contributed by atoms with E-state index in [0.29, 0.717) is 12.4 Å². The van der Waals surface area contributed by atoms with Gasteiger partial charge in [-0.2, -0.15) is 0 Å².